The fraction of sp³-hybridized carbons (Fsp3) is 0.909. The van der Waals surface area contributed by atoms with Gasteiger partial charge in [-0.1, -0.05) is 12.8 Å². The minimum atomic E-state index is -0.652. The van der Waals surface area contributed by atoms with Gasteiger partial charge in [0.2, 0.25) is 0 Å². The van der Waals surface area contributed by atoms with Gasteiger partial charge in [0.25, 0.3) is 0 Å². The van der Waals surface area contributed by atoms with Crippen molar-refractivity contribution in [2.24, 2.45) is 17.8 Å². The van der Waals surface area contributed by atoms with Gasteiger partial charge in [-0.3, -0.25) is 0 Å². The second kappa shape index (κ2) is 2.35. The smallest absolute Gasteiger partial charge is 0.108 e. The minimum absolute atomic E-state index is 0.440. The molecule has 0 unspecified atom stereocenters. The highest BCUT2D eigenvalue weighted by atomic mass is 16.3. The second-order valence-electron chi connectivity index (χ2n) is 5.07. The van der Waals surface area contributed by atoms with E-state index in [0.717, 1.165) is 18.8 Å². The summed E-state index contributed by atoms with van der Waals surface area (Å²) in [5.74, 6) is 1.64. The van der Waals surface area contributed by atoms with Crippen LogP contribution in [0.3, 0.4) is 0 Å². The standard InChI is InChI=1S/C11H17NO/c12-10-5-4-8-6-7-2-1-3-9(7)11(8,10)13/h7-9,12-13H,1-6H2/t7-,8-,9-,11+/m0/s1. The van der Waals surface area contributed by atoms with E-state index in [4.69, 9.17) is 5.41 Å². The third-order valence-electron chi connectivity index (χ3n) is 4.66. The molecule has 0 aromatic heterocycles. The van der Waals surface area contributed by atoms with Gasteiger partial charge in [0.05, 0.1) is 0 Å². The first-order chi connectivity index (χ1) is 6.23. The quantitative estimate of drug-likeness (QED) is 0.586. The highest BCUT2D eigenvalue weighted by Crippen LogP contribution is 2.57. The van der Waals surface area contributed by atoms with Crippen molar-refractivity contribution in [2.45, 2.75) is 44.1 Å². The predicted molar refractivity (Wildman–Crippen MR) is 50.8 cm³/mol. The first-order valence-corrected chi connectivity index (χ1v) is 5.53. The van der Waals surface area contributed by atoms with Crippen molar-refractivity contribution in [1.29, 1.82) is 5.41 Å². The Morgan fingerprint density at radius 1 is 1.31 bits per heavy atom. The van der Waals surface area contributed by atoms with Gasteiger partial charge in [-0.2, -0.15) is 0 Å². The summed E-state index contributed by atoms with van der Waals surface area (Å²) in [7, 11) is 0. The summed E-state index contributed by atoms with van der Waals surface area (Å²) in [6.07, 6.45) is 6.87. The van der Waals surface area contributed by atoms with Crippen molar-refractivity contribution in [2.75, 3.05) is 0 Å². The molecule has 2 nitrogen and oxygen atoms in total. The largest absolute Gasteiger partial charge is 0.383 e. The van der Waals surface area contributed by atoms with Crippen LogP contribution < -0.4 is 0 Å². The van der Waals surface area contributed by atoms with Crippen molar-refractivity contribution in [3.05, 3.63) is 0 Å². The molecule has 72 valence electrons. The Balaban J connectivity index is 2.00. The van der Waals surface area contributed by atoms with Crippen LogP contribution in [0.1, 0.15) is 38.5 Å². The molecule has 0 spiro atoms. The lowest BCUT2D eigenvalue weighted by atomic mass is 9.83. The van der Waals surface area contributed by atoms with Gasteiger partial charge >= 0.3 is 0 Å². The van der Waals surface area contributed by atoms with Gasteiger partial charge in [-0.15, -0.1) is 0 Å². The zero-order valence-electron chi connectivity index (χ0n) is 7.92. The molecule has 4 atom stereocenters. The van der Waals surface area contributed by atoms with Crippen LogP contribution in [0.25, 0.3) is 0 Å². The van der Waals surface area contributed by atoms with Gasteiger partial charge in [-0.25, -0.2) is 0 Å². The molecule has 0 aliphatic heterocycles. The van der Waals surface area contributed by atoms with Crippen LogP contribution >= 0.6 is 0 Å². The molecule has 3 aliphatic rings. The molecule has 13 heavy (non-hydrogen) atoms. The van der Waals surface area contributed by atoms with Crippen molar-refractivity contribution in [3.8, 4) is 0 Å². The third-order valence-corrected chi connectivity index (χ3v) is 4.66. The van der Waals surface area contributed by atoms with E-state index in [1.165, 1.54) is 25.7 Å². The summed E-state index contributed by atoms with van der Waals surface area (Å²) < 4.78 is 0. The SMILES string of the molecule is N=C1CC[C@H]2C[C@@H]3CCC[C@@H]3[C@@]12O. The Kier molecular flexibility index (Phi) is 1.44. The number of rotatable bonds is 0. The molecule has 3 aliphatic carbocycles. The number of fused-ring (bicyclic) bond motifs is 3. The average Bonchev–Trinajstić information content (AvgIpc) is 2.70. The number of hydrogen-bond donors (Lipinski definition) is 2. The maximum Gasteiger partial charge on any atom is 0.108 e. The zero-order chi connectivity index (χ0) is 9.05. The van der Waals surface area contributed by atoms with Crippen molar-refractivity contribution >= 4 is 5.71 Å². The fourth-order valence-electron chi connectivity index (χ4n) is 4.07. The molecular formula is C11H17NO. The Hall–Kier alpha value is -0.370. The highest BCUT2D eigenvalue weighted by Gasteiger charge is 2.59. The Morgan fingerprint density at radius 3 is 3.00 bits per heavy atom. The lowest BCUT2D eigenvalue weighted by molar-refractivity contribution is 0.0376. The Bertz CT molecular complexity index is 263. The van der Waals surface area contributed by atoms with E-state index >= 15 is 0 Å². The summed E-state index contributed by atoms with van der Waals surface area (Å²) in [5.41, 5.74) is -0.00634. The molecule has 3 fully saturated rings. The van der Waals surface area contributed by atoms with Gasteiger partial charge in [0.15, 0.2) is 0 Å². The zero-order valence-corrected chi connectivity index (χ0v) is 7.92. The first kappa shape index (κ1) is 7.98. The van der Waals surface area contributed by atoms with Crippen LogP contribution in [-0.4, -0.2) is 16.4 Å². The lowest BCUT2D eigenvalue weighted by Crippen LogP contribution is -2.42. The monoisotopic (exact) mass is 179 g/mol. The highest BCUT2D eigenvalue weighted by molar-refractivity contribution is 5.93. The number of aliphatic hydroxyl groups is 1. The molecule has 0 bridgehead atoms. The summed E-state index contributed by atoms with van der Waals surface area (Å²) in [5, 5.41) is 18.4. The van der Waals surface area contributed by atoms with Crippen LogP contribution in [0, 0.1) is 23.2 Å². The number of hydrogen-bond acceptors (Lipinski definition) is 2. The molecule has 3 rings (SSSR count). The van der Waals surface area contributed by atoms with E-state index in [1.54, 1.807) is 0 Å². The second-order valence-corrected chi connectivity index (χ2v) is 5.07. The molecular weight excluding hydrogens is 162 g/mol. The first-order valence-electron chi connectivity index (χ1n) is 5.53. The van der Waals surface area contributed by atoms with Crippen LogP contribution in [0.2, 0.25) is 0 Å². The molecule has 2 heteroatoms. The fourth-order valence-corrected chi connectivity index (χ4v) is 4.07. The summed E-state index contributed by atoms with van der Waals surface area (Å²) in [6.45, 7) is 0. The molecule has 0 aromatic carbocycles. The maximum absolute atomic E-state index is 10.5. The third kappa shape index (κ3) is 0.804. The van der Waals surface area contributed by atoms with E-state index in [1.807, 2.05) is 0 Å². The van der Waals surface area contributed by atoms with E-state index < -0.39 is 5.60 Å². The minimum Gasteiger partial charge on any atom is -0.383 e. The predicted octanol–water partition coefficient (Wildman–Crippen LogP) is 1.97. The van der Waals surface area contributed by atoms with Crippen LogP contribution in [-0.2, 0) is 0 Å². The molecule has 0 saturated heterocycles. The average molecular weight is 179 g/mol. The molecule has 0 amide bonds. The Morgan fingerprint density at radius 2 is 2.15 bits per heavy atom. The molecule has 0 heterocycles. The molecule has 0 radical (unpaired) electrons. The maximum atomic E-state index is 10.5. The van der Waals surface area contributed by atoms with Crippen LogP contribution in [0.4, 0.5) is 0 Å². The van der Waals surface area contributed by atoms with Crippen molar-refractivity contribution < 1.29 is 5.11 Å². The molecule has 0 aromatic rings. The van der Waals surface area contributed by atoms with Gasteiger partial charge < -0.3 is 10.5 Å². The van der Waals surface area contributed by atoms with E-state index in [9.17, 15) is 5.11 Å². The molecule has 3 saturated carbocycles. The van der Waals surface area contributed by atoms with Crippen LogP contribution in [0.5, 0.6) is 0 Å². The van der Waals surface area contributed by atoms with Gasteiger partial charge in [0, 0.05) is 5.71 Å². The summed E-state index contributed by atoms with van der Waals surface area (Å²) >= 11 is 0. The lowest BCUT2D eigenvalue weighted by Gasteiger charge is -2.29. The number of nitrogens with one attached hydrogen (secondary N) is 1. The van der Waals surface area contributed by atoms with Gasteiger partial charge in [0.1, 0.15) is 5.60 Å². The van der Waals surface area contributed by atoms with E-state index in [2.05, 4.69) is 0 Å². The van der Waals surface area contributed by atoms with E-state index in [-0.39, 0.29) is 0 Å². The summed E-state index contributed by atoms with van der Waals surface area (Å²) in [6, 6.07) is 0. The van der Waals surface area contributed by atoms with Gasteiger partial charge in [-0.05, 0) is 43.4 Å². The van der Waals surface area contributed by atoms with E-state index in [0.29, 0.717) is 17.5 Å². The van der Waals surface area contributed by atoms with Crippen molar-refractivity contribution in [3.63, 3.8) is 0 Å². The summed E-state index contributed by atoms with van der Waals surface area (Å²) in [4.78, 5) is 0. The Labute approximate surface area is 78.9 Å². The topological polar surface area (TPSA) is 44.1 Å². The van der Waals surface area contributed by atoms with Crippen LogP contribution in [0.15, 0.2) is 0 Å². The normalized spacial score (nSPS) is 53.9. The molecule has 2 N–H and O–H groups in total. The van der Waals surface area contributed by atoms with Crippen molar-refractivity contribution in [1.82, 2.24) is 0 Å².